The van der Waals surface area contributed by atoms with Crippen molar-refractivity contribution >= 4 is 30.7 Å². The molecule has 0 unspecified atom stereocenters. The second kappa shape index (κ2) is 7.13. The standard InChI is InChI=1S/C10H21ISi/c1-12(2,3)10-8-6-4-5-7-9-11/h6,8H,4-5,7,9-10H2,1-3H3/b8-6+. The molecule has 0 radical (unpaired) electrons. The molecule has 0 rings (SSSR count). The molecule has 0 aliphatic rings. The van der Waals surface area contributed by atoms with Crippen LogP contribution in [0.25, 0.3) is 0 Å². The second-order valence-corrected chi connectivity index (χ2v) is 11.0. The highest BCUT2D eigenvalue weighted by atomic mass is 127. The highest BCUT2D eigenvalue weighted by Crippen LogP contribution is 2.09. The van der Waals surface area contributed by atoms with Gasteiger partial charge in [-0.25, -0.2) is 0 Å². The van der Waals surface area contributed by atoms with Gasteiger partial charge in [0, 0.05) is 8.07 Å². The van der Waals surface area contributed by atoms with Crippen LogP contribution in [0.1, 0.15) is 19.3 Å². The largest absolute Gasteiger partial charge is 0.0912 e. The number of allylic oxidation sites excluding steroid dienone is 2. The van der Waals surface area contributed by atoms with Crippen LogP contribution in [0.4, 0.5) is 0 Å². The normalized spacial score (nSPS) is 12.7. The van der Waals surface area contributed by atoms with E-state index >= 15 is 0 Å². The Balaban J connectivity index is 3.26. The molecule has 0 saturated heterocycles. The molecule has 0 saturated carbocycles. The summed E-state index contributed by atoms with van der Waals surface area (Å²) in [5, 5.41) is 0. The van der Waals surface area contributed by atoms with Crippen LogP contribution in [0.5, 0.6) is 0 Å². The molecule has 0 bridgehead atoms. The fourth-order valence-electron chi connectivity index (χ4n) is 0.911. The molecule has 0 N–H and O–H groups in total. The zero-order chi connectivity index (χ0) is 9.45. The van der Waals surface area contributed by atoms with E-state index in [0.717, 1.165) is 0 Å². The molecule has 0 aromatic heterocycles. The maximum atomic E-state index is 2.44. The molecule has 72 valence electrons. The van der Waals surface area contributed by atoms with Crippen molar-refractivity contribution in [2.24, 2.45) is 0 Å². The number of hydrogen-bond acceptors (Lipinski definition) is 0. The van der Waals surface area contributed by atoms with Crippen molar-refractivity contribution in [3.8, 4) is 0 Å². The van der Waals surface area contributed by atoms with Crippen LogP contribution in [0.15, 0.2) is 12.2 Å². The number of rotatable bonds is 6. The van der Waals surface area contributed by atoms with Gasteiger partial charge in [0.2, 0.25) is 0 Å². The summed E-state index contributed by atoms with van der Waals surface area (Å²) in [4.78, 5) is 0. The average molecular weight is 296 g/mol. The molecule has 0 aromatic carbocycles. The van der Waals surface area contributed by atoms with Crippen molar-refractivity contribution in [3.05, 3.63) is 12.2 Å². The molecule has 0 fully saturated rings. The molecule has 0 atom stereocenters. The SMILES string of the molecule is C[Si](C)(C)C/C=C/CCCCI. The topological polar surface area (TPSA) is 0 Å². The van der Waals surface area contributed by atoms with Crippen LogP contribution in [0.3, 0.4) is 0 Å². The first kappa shape index (κ1) is 12.7. The molecular weight excluding hydrogens is 275 g/mol. The van der Waals surface area contributed by atoms with Crippen LogP contribution in [0, 0.1) is 0 Å². The lowest BCUT2D eigenvalue weighted by molar-refractivity contribution is 0.830. The van der Waals surface area contributed by atoms with E-state index in [-0.39, 0.29) is 0 Å². The lowest BCUT2D eigenvalue weighted by atomic mass is 10.2. The van der Waals surface area contributed by atoms with Crippen molar-refractivity contribution in [1.82, 2.24) is 0 Å². The predicted molar refractivity (Wildman–Crippen MR) is 70.0 cm³/mol. The highest BCUT2D eigenvalue weighted by Gasteiger charge is 2.08. The molecule has 2 heteroatoms. The Morgan fingerprint density at radius 3 is 2.25 bits per heavy atom. The third-order valence-electron chi connectivity index (χ3n) is 1.65. The van der Waals surface area contributed by atoms with Gasteiger partial charge in [0.15, 0.2) is 0 Å². The van der Waals surface area contributed by atoms with Gasteiger partial charge in [-0.05, 0) is 29.7 Å². The van der Waals surface area contributed by atoms with Crippen LogP contribution >= 0.6 is 22.6 Å². The third-order valence-corrected chi connectivity index (χ3v) is 3.87. The van der Waals surface area contributed by atoms with Gasteiger partial charge in [0.05, 0.1) is 0 Å². The van der Waals surface area contributed by atoms with E-state index in [1.54, 1.807) is 0 Å². The summed E-state index contributed by atoms with van der Waals surface area (Å²) in [7, 11) is -0.814. The van der Waals surface area contributed by atoms with Crippen molar-refractivity contribution in [2.45, 2.75) is 44.9 Å². The summed E-state index contributed by atoms with van der Waals surface area (Å²) in [6.45, 7) is 7.26. The Morgan fingerprint density at radius 1 is 1.08 bits per heavy atom. The van der Waals surface area contributed by atoms with Crippen LogP contribution in [-0.2, 0) is 0 Å². The van der Waals surface area contributed by atoms with Gasteiger partial charge in [-0.15, -0.1) is 0 Å². The summed E-state index contributed by atoms with van der Waals surface area (Å²) >= 11 is 2.44. The first-order valence-electron chi connectivity index (χ1n) is 4.77. The first-order valence-corrected chi connectivity index (χ1v) is 10.0. The van der Waals surface area contributed by atoms with Gasteiger partial charge < -0.3 is 0 Å². The lowest BCUT2D eigenvalue weighted by Gasteiger charge is -2.11. The quantitative estimate of drug-likeness (QED) is 0.223. The molecule has 0 amide bonds. The van der Waals surface area contributed by atoms with Crippen molar-refractivity contribution in [3.63, 3.8) is 0 Å². The molecule has 0 heterocycles. The molecule has 0 aromatic rings. The van der Waals surface area contributed by atoms with E-state index in [0.29, 0.717) is 0 Å². The first-order chi connectivity index (χ1) is 5.56. The molecule has 0 nitrogen and oxygen atoms in total. The highest BCUT2D eigenvalue weighted by molar-refractivity contribution is 14.1. The van der Waals surface area contributed by atoms with E-state index in [4.69, 9.17) is 0 Å². The molecule has 0 aliphatic carbocycles. The minimum absolute atomic E-state index is 0.814. The lowest BCUT2D eigenvalue weighted by Crippen LogP contribution is -2.17. The van der Waals surface area contributed by atoms with E-state index in [1.807, 2.05) is 0 Å². The van der Waals surface area contributed by atoms with Crippen molar-refractivity contribution in [2.75, 3.05) is 4.43 Å². The summed E-state index contributed by atoms with van der Waals surface area (Å²) < 4.78 is 1.31. The van der Waals surface area contributed by atoms with Gasteiger partial charge >= 0.3 is 0 Å². The van der Waals surface area contributed by atoms with Crippen LogP contribution in [-0.4, -0.2) is 12.5 Å². The summed E-state index contributed by atoms with van der Waals surface area (Å²) in [6, 6.07) is 1.34. The number of alkyl halides is 1. The molecular formula is C10H21ISi. The third kappa shape index (κ3) is 10.7. The zero-order valence-corrected chi connectivity index (χ0v) is 11.7. The van der Waals surface area contributed by atoms with Gasteiger partial charge in [0.1, 0.15) is 0 Å². The Morgan fingerprint density at radius 2 is 1.75 bits per heavy atom. The smallest absolute Gasteiger partial charge is 0.0480 e. The van der Waals surface area contributed by atoms with E-state index in [1.165, 1.54) is 29.7 Å². The molecule has 0 spiro atoms. The Labute approximate surface area is 92.0 Å². The monoisotopic (exact) mass is 296 g/mol. The Kier molecular flexibility index (Phi) is 7.53. The average Bonchev–Trinajstić information content (AvgIpc) is 1.94. The number of hydrogen-bond donors (Lipinski definition) is 0. The summed E-state index contributed by atoms with van der Waals surface area (Å²) in [6.07, 6.45) is 8.78. The summed E-state index contributed by atoms with van der Waals surface area (Å²) in [5.74, 6) is 0. The predicted octanol–water partition coefficient (Wildman–Crippen LogP) is 4.49. The van der Waals surface area contributed by atoms with E-state index < -0.39 is 8.07 Å². The van der Waals surface area contributed by atoms with E-state index in [2.05, 4.69) is 54.4 Å². The van der Waals surface area contributed by atoms with Crippen LogP contribution < -0.4 is 0 Å². The van der Waals surface area contributed by atoms with Gasteiger partial charge in [-0.2, -0.15) is 0 Å². The number of halogens is 1. The fraction of sp³-hybridized carbons (Fsp3) is 0.800. The number of unbranched alkanes of at least 4 members (excludes halogenated alkanes) is 2. The maximum Gasteiger partial charge on any atom is 0.0480 e. The van der Waals surface area contributed by atoms with Crippen molar-refractivity contribution in [1.29, 1.82) is 0 Å². The zero-order valence-electron chi connectivity index (χ0n) is 8.57. The fourth-order valence-corrected chi connectivity index (χ4v) is 2.32. The van der Waals surface area contributed by atoms with Gasteiger partial charge in [0.25, 0.3) is 0 Å². The van der Waals surface area contributed by atoms with Crippen LogP contribution in [0.2, 0.25) is 25.7 Å². The maximum absolute atomic E-state index is 2.44. The summed E-state index contributed by atoms with van der Waals surface area (Å²) in [5.41, 5.74) is 0. The Hall–Kier alpha value is 0.687. The van der Waals surface area contributed by atoms with Crippen molar-refractivity contribution < 1.29 is 0 Å². The van der Waals surface area contributed by atoms with E-state index in [9.17, 15) is 0 Å². The van der Waals surface area contributed by atoms with Gasteiger partial charge in [-0.3, -0.25) is 0 Å². The minimum Gasteiger partial charge on any atom is -0.0912 e. The minimum atomic E-state index is -0.814. The Bertz CT molecular complexity index is 124. The van der Waals surface area contributed by atoms with Gasteiger partial charge in [-0.1, -0.05) is 54.4 Å². The molecule has 0 aliphatic heterocycles. The molecule has 12 heavy (non-hydrogen) atoms. The second-order valence-electron chi connectivity index (χ2n) is 4.42.